The molecule has 3 nitrogen and oxygen atoms in total. The normalized spacial score (nSPS) is 13.8. The lowest BCUT2D eigenvalue weighted by atomic mass is 10.1. The summed E-state index contributed by atoms with van der Waals surface area (Å²) < 4.78 is 0. The van der Waals surface area contributed by atoms with Crippen molar-refractivity contribution in [1.29, 1.82) is 0 Å². The first kappa shape index (κ1) is 12.2. The smallest absolute Gasteiger partial charge is 0.222 e. The molecule has 3 aromatic rings. The molecule has 0 atom stereocenters. The Morgan fingerprint density at radius 1 is 1.10 bits per heavy atom. The molecule has 0 spiro atoms. The largest absolute Gasteiger partial charge is 0.368 e. The van der Waals surface area contributed by atoms with Crippen molar-refractivity contribution in [1.82, 2.24) is 9.97 Å². The van der Waals surface area contributed by atoms with Crippen LogP contribution in [0.3, 0.4) is 0 Å². The van der Waals surface area contributed by atoms with Crippen molar-refractivity contribution < 1.29 is 0 Å². The van der Waals surface area contributed by atoms with Crippen LogP contribution in [0.1, 0.15) is 17.5 Å². The maximum atomic E-state index is 5.80. The number of rotatable bonds is 2. The average molecular weight is 299 g/mol. The van der Waals surface area contributed by atoms with Crippen LogP contribution in [-0.4, -0.2) is 9.97 Å². The van der Waals surface area contributed by atoms with Crippen LogP contribution in [0, 0.1) is 0 Å². The third kappa shape index (κ3) is 2.07. The van der Waals surface area contributed by atoms with E-state index < -0.39 is 0 Å². The van der Waals surface area contributed by atoms with Crippen LogP contribution in [-0.2, 0) is 12.8 Å². The summed E-state index contributed by atoms with van der Waals surface area (Å²) in [5.74, 6) is 0.351. The van der Waals surface area contributed by atoms with Crippen LogP contribution >= 0.6 is 23.1 Å². The number of nitrogen functional groups attached to an aromatic ring is 1. The van der Waals surface area contributed by atoms with E-state index in [1.165, 1.54) is 35.3 Å². The highest BCUT2D eigenvalue weighted by atomic mass is 32.2. The fourth-order valence-corrected chi connectivity index (χ4v) is 4.45. The first-order valence-corrected chi connectivity index (χ1v) is 8.29. The van der Waals surface area contributed by atoms with E-state index in [4.69, 9.17) is 5.73 Å². The molecule has 0 radical (unpaired) electrons. The number of anilines is 1. The van der Waals surface area contributed by atoms with Gasteiger partial charge < -0.3 is 5.73 Å². The molecule has 1 aliphatic rings. The zero-order valence-electron chi connectivity index (χ0n) is 10.8. The van der Waals surface area contributed by atoms with Gasteiger partial charge in [-0.25, -0.2) is 9.97 Å². The van der Waals surface area contributed by atoms with Crippen LogP contribution in [0.25, 0.3) is 10.2 Å². The van der Waals surface area contributed by atoms with Gasteiger partial charge in [0.25, 0.3) is 0 Å². The lowest BCUT2D eigenvalue weighted by molar-refractivity contribution is 0.911. The molecular weight excluding hydrogens is 286 g/mol. The highest BCUT2D eigenvalue weighted by molar-refractivity contribution is 7.99. The molecule has 0 bridgehead atoms. The van der Waals surface area contributed by atoms with Gasteiger partial charge in [0, 0.05) is 10.3 Å². The van der Waals surface area contributed by atoms with E-state index in [0.717, 1.165) is 15.2 Å². The van der Waals surface area contributed by atoms with Gasteiger partial charge in [0.15, 0.2) is 0 Å². The van der Waals surface area contributed by atoms with Gasteiger partial charge in [-0.3, -0.25) is 0 Å². The van der Waals surface area contributed by atoms with Crippen molar-refractivity contribution in [2.24, 2.45) is 0 Å². The van der Waals surface area contributed by atoms with E-state index in [2.05, 4.69) is 34.2 Å². The van der Waals surface area contributed by atoms with Crippen molar-refractivity contribution >= 4 is 39.3 Å². The fourth-order valence-electron chi connectivity index (χ4n) is 2.65. The molecule has 5 heteroatoms. The topological polar surface area (TPSA) is 51.8 Å². The summed E-state index contributed by atoms with van der Waals surface area (Å²) in [5, 5.41) is 4.08. The minimum absolute atomic E-state index is 0.351. The van der Waals surface area contributed by atoms with Gasteiger partial charge in [0.2, 0.25) is 5.95 Å². The third-order valence-electron chi connectivity index (χ3n) is 3.59. The Morgan fingerprint density at radius 3 is 2.95 bits per heavy atom. The standard InChI is InChI=1S/C15H13N3S2/c16-15-17-13-12(6-7-19-13)14(18-15)20-11-5-4-9-2-1-3-10(9)8-11/h4-8H,1-3H2,(H2,16,17,18). The number of benzene rings is 1. The molecule has 0 amide bonds. The Hall–Kier alpha value is -1.59. The van der Waals surface area contributed by atoms with Gasteiger partial charge in [-0.2, -0.15) is 0 Å². The maximum Gasteiger partial charge on any atom is 0.222 e. The zero-order valence-corrected chi connectivity index (χ0v) is 12.4. The van der Waals surface area contributed by atoms with Crippen molar-refractivity contribution in [2.75, 3.05) is 5.73 Å². The van der Waals surface area contributed by atoms with Crippen LogP contribution < -0.4 is 5.73 Å². The lowest BCUT2D eigenvalue weighted by Crippen LogP contribution is -1.95. The van der Waals surface area contributed by atoms with Gasteiger partial charge in [0.05, 0.1) is 0 Å². The summed E-state index contributed by atoms with van der Waals surface area (Å²) in [7, 11) is 0. The molecule has 2 heterocycles. The van der Waals surface area contributed by atoms with E-state index in [0.29, 0.717) is 5.95 Å². The SMILES string of the molecule is Nc1nc(Sc2ccc3c(c2)CCC3)c2ccsc2n1. The number of nitrogens with two attached hydrogens (primary N) is 1. The molecule has 1 aromatic carbocycles. The Kier molecular flexibility index (Phi) is 2.89. The van der Waals surface area contributed by atoms with E-state index >= 15 is 0 Å². The summed E-state index contributed by atoms with van der Waals surface area (Å²) >= 11 is 3.28. The molecule has 4 rings (SSSR count). The third-order valence-corrected chi connectivity index (χ3v) is 5.39. The highest BCUT2D eigenvalue weighted by Gasteiger charge is 2.13. The van der Waals surface area contributed by atoms with Gasteiger partial charge in [-0.05, 0) is 54.0 Å². The van der Waals surface area contributed by atoms with E-state index in [1.54, 1.807) is 23.1 Å². The lowest BCUT2D eigenvalue weighted by Gasteiger charge is -2.06. The van der Waals surface area contributed by atoms with E-state index in [1.807, 2.05) is 5.38 Å². The first-order valence-electron chi connectivity index (χ1n) is 6.60. The predicted molar refractivity (Wildman–Crippen MR) is 84.4 cm³/mol. The molecule has 2 N–H and O–H groups in total. The molecule has 2 aromatic heterocycles. The summed E-state index contributed by atoms with van der Waals surface area (Å²) in [6.07, 6.45) is 3.69. The molecule has 0 aliphatic heterocycles. The number of thiophene rings is 1. The first-order chi connectivity index (χ1) is 9.79. The molecule has 0 unspecified atom stereocenters. The molecule has 0 saturated heterocycles. The van der Waals surface area contributed by atoms with Crippen LogP contribution in [0.15, 0.2) is 39.6 Å². The number of fused-ring (bicyclic) bond motifs is 2. The van der Waals surface area contributed by atoms with Gasteiger partial charge >= 0.3 is 0 Å². The summed E-state index contributed by atoms with van der Waals surface area (Å²) in [6, 6.07) is 8.80. The van der Waals surface area contributed by atoms with Gasteiger partial charge in [0.1, 0.15) is 9.86 Å². The van der Waals surface area contributed by atoms with Crippen molar-refractivity contribution in [2.45, 2.75) is 29.2 Å². The minimum atomic E-state index is 0.351. The summed E-state index contributed by atoms with van der Waals surface area (Å²) in [5.41, 5.74) is 8.78. The molecule has 1 aliphatic carbocycles. The number of aryl methyl sites for hydroxylation is 2. The Morgan fingerprint density at radius 2 is 2.00 bits per heavy atom. The second kappa shape index (κ2) is 4.75. The van der Waals surface area contributed by atoms with Crippen molar-refractivity contribution in [3.8, 4) is 0 Å². The average Bonchev–Trinajstić information content (AvgIpc) is 3.05. The Bertz CT molecular complexity index is 795. The summed E-state index contributed by atoms with van der Waals surface area (Å²) in [4.78, 5) is 10.9. The predicted octanol–water partition coefficient (Wildman–Crippen LogP) is 3.91. The minimum Gasteiger partial charge on any atom is -0.368 e. The van der Waals surface area contributed by atoms with Gasteiger partial charge in [-0.1, -0.05) is 17.8 Å². The van der Waals surface area contributed by atoms with E-state index in [-0.39, 0.29) is 0 Å². The van der Waals surface area contributed by atoms with Crippen LogP contribution in [0.5, 0.6) is 0 Å². The maximum absolute atomic E-state index is 5.80. The Balaban J connectivity index is 1.75. The number of hydrogen-bond donors (Lipinski definition) is 1. The van der Waals surface area contributed by atoms with E-state index in [9.17, 15) is 0 Å². The second-order valence-electron chi connectivity index (χ2n) is 4.91. The molecule has 100 valence electrons. The zero-order chi connectivity index (χ0) is 13.5. The molecule has 0 saturated carbocycles. The van der Waals surface area contributed by atoms with Crippen molar-refractivity contribution in [3.05, 3.63) is 40.8 Å². The highest BCUT2D eigenvalue weighted by Crippen LogP contribution is 2.35. The van der Waals surface area contributed by atoms with Crippen LogP contribution in [0.2, 0.25) is 0 Å². The number of hydrogen-bond acceptors (Lipinski definition) is 5. The summed E-state index contributed by atoms with van der Waals surface area (Å²) in [6.45, 7) is 0. The monoisotopic (exact) mass is 299 g/mol. The van der Waals surface area contributed by atoms with Crippen LogP contribution in [0.4, 0.5) is 5.95 Å². The number of nitrogens with zero attached hydrogens (tertiary/aromatic N) is 2. The quantitative estimate of drug-likeness (QED) is 0.729. The fraction of sp³-hybridized carbons (Fsp3) is 0.200. The number of aromatic nitrogens is 2. The van der Waals surface area contributed by atoms with Crippen molar-refractivity contribution in [3.63, 3.8) is 0 Å². The second-order valence-corrected chi connectivity index (χ2v) is 6.87. The molecular formula is C15H13N3S2. The Labute approximate surface area is 125 Å². The molecule has 0 fully saturated rings. The molecule has 20 heavy (non-hydrogen) atoms. The van der Waals surface area contributed by atoms with Gasteiger partial charge in [-0.15, -0.1) is 11.3 Å².